The van der Waals surface area contributed by atoms with Gasteiger partial charge in [0, 0.05) is 32.1 Å². The molecule has 3 rings (SSSR count). The molecule has 1 unspecified atom stereocenters. The van der Waals surface area contributed by atoms with Crippen molar-refractivity contribution in [1.29, 1.82) is 0 Å². The van der Waals surface area contributed by atoms with Gasteiger partial charge in [0.1, 0.15) is 5.75 Å². The minimum atomic E-state index is 0. The molecule has 1 aromatic rings. The molecule has 0 radical (unpaired) electrons. The summed E-state index contributed by atoms with van der Waals surface area (Å²) in [5.74, 6) is 2.41. The number of aliphatic imine (C=N–C) groups is 1. The Morgan fingerprint density at radius 2 is 2.00 bits per heavy atom. The standard InChI is InChI=1S/C20H32N4O.HI/c1-2-21-20(22-11-14-24-12-6-3-7-13-24)23-16-17-10-15-25-19-9-5-4-8-18(17)19;/h4-5,8-9,17H,2-3,6-7,10-16H2,1H3,(H2,21,22,23);1H. The van der Waals surface area contributed by atoms with Crippen LogP contribution in [0.4, 0.5) is 0 Å². The number of para-hydroxylation sites is 1. The van der Waals surface area contributed by atoms with E-state index in [-0.39, 0.29) is 24.0 Å². The lowest BCUT2D eigenvalue weighted by Crippen LogP contribution is -2.42. The Balaban J connectivity index is 0.00000243. The molecule has 0 saturated carbocycles. The van der Waals surface area contributed by atoms with Gasteiger partial charge in [-0.15, -0.1) is 24.0 Å². The zero-order valence-electron chi connectivity index (χ0n) is 15.9. The van der Waals surface area contributed by atoms with Crippen LogP contribution in [0.3, 0.4) is 0 Å². The van der Waals surface area contributed by atoms with Crippen molar-refractivity contribution in [2.75, 3.05) is 45.9 Å². The summed E-state index contributed by atoms with van der Waals surface area (Å²) in [6.07, 6.45) is 5.11. The van der Waals surface area contributed by atoms with Crippen LogP contribution in [0.15, 0.2) is 29.3 Å². The molecule has 2 N–H and O–H groups in total. The first kappa shape index (κ1) is 21.3. The van der Waals surface area contributed by atoms with Gasteiger partial charge in [0.05, 0.1) is 6.61 Å². The number of benzene rings is 1. The van der Waals surface area contributed by atoms with Crippen molar-refractivity contribution in [2.45, 2.75) is 38.5 Å². The van der Waals surface area contributed by atoms with Crippen molar-refractivity contribution < 1.29 is 4.74 Å². The third-order valence-corrected chi connectivity index (χ3v) is 5.07. The maximum Gasteiger partial charge on any atom is 0.191 e. The lowest BCUT2D eigenvalue weighted by molar-refractivity contribution is 0.232. The number of halogens is 1. The molecule has 1 atom stereocenters. The van der Waals surface area contributed by atoms with E-state index in [2.05, 4.69) is 40.7 Å². The molecule has 5 nitrogen and oxygen atoms in total. The quantitative estimate of drug-likeness (QED) is 0.380. The molecule has 2 aliphatic rings. The summed E-state index contributed by atoms with van der Waals surface area (Å²) in [7, 11) is 0. The van der Waals surface area contributed by atoms with Crippen molar-refractivity contribution in [3.63, 3.8) is 0 Å². The predicted molar refractivity (Wildman–Crippen MR) is 119 cm³/mol. The molecular weight excluding hydrogens is 439 g/mol. The molecule has 6 heteroatoms. The largest absolute Gasteiger partial charge is 0.493 e. The van der Waals surface area contributed by atoms with Crippen LogP contribution >= 0.6 is 24.0 Å². The van der Waals surface area contributed by atoms with E-state index >= 15 is 0 Å². The molecule has 2 aliphatic heterocycles. The van der Waals surface area contributed by atoms with Gasteiger partial charge in [0.15, 0.2) is 5.96 Å². The molecule has 0 aliphatic carbocycles. The van der Waals surface area contributed by atoms with Crippen LogP contribution in [0, 0.1) is 0 Å². The van der Waals surface area contributed by atoms with E-state index in [9.17, 15) is 0 Å². The van der Waals surface area contributed by atoms with Gasteiger partial charge in [-0.05, 0) is 50.9 Å². The maximum atomic E-state index is 5.75. The molecule has 146 valence electrons. The summed E-state index contributed by atoms with van der Waals surface area (Å²) in [5.41, 5.74) is 1.29. The van der Waals surface area contributed by atoms with Crippen molar-refractivity contribution in [3.05, 3.63) is 29.8 Å². The molecule has 0 amide bonds. The van der Waals surface area contributed by atoms with E-state index in [1.54, 1.807) is 0 Å². The van der Waals surface area contributed by atoms with E-state index in [0.29, 0.717) is 5.92 Å². The van der Waals surface area contributed by atoms with E-state index in [0.717, 1.165) is 50.9 Å². The molecule has 1 saturated heterocycles. The number of fused-ring (bicyclic) bond motifs is 1. The van der Waals surface area contributed by atoms with Crippen molar-refractivity contribution >= 4 is 29.9 Å². The summed E-state index contributed by atoms with van der Waals surface area (Å²) in [6, 6.07) is 8.36. The second-order valence-electron chi connectivity index (χ2n) is 6.92. The SMILES string of the molecule is CCNC(=NCC1CCOc2ccccc21)NCCN1CCCCC1.I. The summed E-state index contributed by atoms with van der Waals surface area (Å²) >= 11 is 0. The van der Waals surface area contributed by atoms with E-state index in [4.69, 9.17) is 9.73 Å². The number of nitrogens with one attached hydrogen (secondary N) is 2. The fraction of sp³-hybridized carbons (Fsp3) is 0.650. The summed E-state index contributed by atoms with van der Waals surface area (Å²) in [5, 5.41) is 6.87. The zero-order chi connectivity index (χ0) is 17.3. The van der Waals surface area contributed by atoms with Crippen molar-refractivity contribution in [3.8, 4) is 5.75 Å². The monoisotopic (exact) mass is 472 g/mol. The zero-order valence-corrected chi connectivity index (χ0v) is 18.2. The first-order valence-electron chi connectivity index (χ1n) is 9.83. The highest BCUT2D eigenvalue weighted by atomic mass is 127. The van der Waals surface area contributed by atoms with E-state index in [1.165, 1.54) is 37.9 Å². The van der Waals surface area contributed by atoms with Crippen molar-refractivity contribution in [2.24, 2.45) is 4.99 Å². The number of hydrogen-bond donors (Lipinski definition) is 2. The third kappa shape index (κ3) is 6.30. The van der Waals surface area contributed by atoms with Crippen molar-refractivity contribution in [1.82, 2.24) is 15.5 Å². The van der Waals surface area contributed by atoms with Gasteiger partial charge in [0.2, 0.25) is 0 Å². The lowest BCUT2D eigenvalue weighted by atomic mass is 9.93. The number of rotatable bonds is 6. The van der Waals surface area contributed by atoms with Gasteiger partial charge >= 0.3 is 0 Å². The molecule has 26 heavy (non-hydrogen) atoms. The number of nitrogens with zero attached hydrogens (tertiary/aromatic N) is 2. The highest BCUT2D eigenvalue weighted by Crippen LogP contribution is 2.33. The molecule has 0 aromatic heterocycles. The van der Waals surface area contributed by atoms with Gasteiger partial charge in [-0.3, -0.25) is 4.99 Å². The van der Waals surface area contributed by atoms with Crippen LogP contribution in [0.5, 0.6) is 5.75 Å². The summed E-state index contributed by atoms with van der Waals surface area (Å²) in [4.78, 5) is 7.39. The fourth-order valence-corrected chi connectivity index (χ4v) is 3.66. The van der Waals surface area contributed by atoms with Crippen LogP contribution in [-0.2, 0) is 0 Å². The Morgan fingerprint density at radius 1 is 1.19 bits per heavy atom. The van der Waals surface area contributed by atoms with Gasteiger partial charge < -0.3 is 20.3 Å². The third-order valence-electron chi connectivity index (χ3n) is 5.07. The second kappa shape index (κ2) is 11.6. The van der Waals surface area contributed by atoms with Crippen LogP contribution in [-0.4, -0.2) is 56.7 Å². The summed E-state index contributed by atoms with van der Waals surface area (Å²) < 4.78 is 5.75. The van der Waals surface area contributed by atoms with Gasteiger partial charge in [-0.25, -0.2) is 0 Å². The Kier molecular flexibility index (Phi) is 9.53. The van der Waals surface area contributed by atoms with Gasteiger partial charge in [-0.1, -0.05) is 24.6 Å². The number of ether oxygens (including phenoxy) is 1. The highest BCUT2D eigenvalue weighted by Gasteiger charge is 2.20. The van der Waals surface area contributed by atoms with Crippen LogP contribution in [0.2, 0.25) is 0 Å². The Labute approximate surface area is 175 Å². The van der Waals surface area contributed by atoms with Crippen LogP contribution < -0.4 is 15.4 Å². The average Bonchev–Trinajstić information content (AvgIpc) is 2.67. The molecule has 1 fully saturated rings. The Bertz CT molecular complexity index is 560. The molecule has 1 aromatic carbocycles. The lowest BCUT2D eigenvalue weighted by Gasteiger charge is -2.27. The minimum Gasteiger partial charge on any atom is -0.493 e. The topological polar surface area (TPSA) is 48.9 Å². The maximum absolute atomic E-state index is 5.75. The van der Waals surface area contributed by atoms with Crippen LogP contribution in [0.25, 0.3) is 0 Å². The van der Waals surface area contributed by atoms with E-state index in [1.807, 2.05) is 6.07 Å². The van der Waals surface area contributed by atoms with Gasteiger partial charge in [-0.2, -0.15) is 0 Å². The Hall–Kier alpha value is -1.02. The first-order valence-corrected chi connectivity index (χ1v) is 9.83. The van der Waals surface area contributed by atoms with Crippen LogP contribution in [0.1, 0.15) is 44.1 Å². The Morgan fingerprint density at radius 3 is 2.81 bits per heavy atom. The second-order valence-corrected chi connectivity index (χ2v) is 6.92. The normalized spacial score (nSPS) is 20.5. The number of hydrogen-bond acceptors (Lipinski definition) is 3. The van der Waals surface area contributed by atoms with E-state index < -0.39 is 0 Å². The molecular formula is C20H33IN4O. The molecule has 0 bridgehead atoms. The van der Waals surface area contributed by atoms with Gasteiger partial charge in [0.25, 0.3) is 0 Å². The summed E-state index contributed by atoms with van der Waals surface area (Å²) in [6.45, 7) is 9.14. The predicted octanol–water partition coefficient (Wildman–Crippen LogP) is 3.21. The highest BCUT2D eigenvalue weighted by molar-refractivity contribution is 14.0. The number of guanidine groups is 1. The number of piperidine rings is 1. The number of likely N-dealkylation sites (tertiary alicyclic amines) is 1. The first-order chi connectivity index (χ1) is 12.4. The smallest absolute Gasteiger partial charge is 0.191 e. The molecule has 2 heterocycles. The molecule has 0 spiro atoms. The fourth-order valence-electron chi connectivity index (χ4n) is 3.66. The minimum absolute atomic E-state index is 0. The average molecular weight is 472 g/mol.